The second kappa shape index (κ2) is 5.77. The molecule has 0 aliphatic heterocycles. The van der Waals surface area contributed by atoms with Gasteiger partial charge in [-0.05, 0) is 47.3 Å². The minimum Gasteiger partial charge on any atom is -0.478 e. The summed E-state index contributed by atoms with van der Waals surface area (Å²) in [6.07, 6.45) is 1.75. The van der Waals surface area contributed by atoms with Crippen molar-refractivity contribution in [1.82, 2.24) is 4.57 Å². The van der Waals surface area contributed by atoms with E-state index in [0.717, 1.165) is 15.4 Å². The first-order valence-corrected chi connectivity index (χ1v) is 7.45. The molecule has 1 aromatic heterocycles. The summed E-state index contributed by atoms with van der Waals surface area (Å²) in [7, 11) is 0. The van der Waals surface area contributed by atoms with Gasteiger partial charge in [-0.15, -0.1) is 0 Å². The van der Waals surface area contributed by atoms with Gasteiger partial charge in [-0.1, -0.05) is 28.1 Å². The van der Waals surface area contributed by atoms with Crippen LogP contribution in [0.1, 0.15) is 15.9 Å². The standard InChI is InChI=1S/C17H12BrNO3/c18-14-5-6-15-13(9-14)7-8-19(16(15)20)10-11-1-3-12(4-2-11)17(21)22/h1-9H,10H2,(H,21,22). The van der Waals surface area contributed by atoms with Gasteiger partial charge in [-0.25, -0.2) is 4.79 Å². The molecule has 1 N–H and O–H groups in total. The number of benzene rings is 2. The fourth-order valence-electron chi connectivity index (χ4n) is 2.33. The van der Waals surface area contributed by atoms with E-state index in [-0.39, 0.29) is 11.1 Å². The highest BCUT2D eigenvalue weighted by molar-refractivity contribution is 9.10. The van der Waals surface area contributed by atoms with Crippen LogP contribution in [-0.2, 0) is 6.54 Å². The number of halogens is 1. The van der Waals surface area contributed by atoms with Crippen LogP contribution in [0.4, 0.5) is 0 Å². The van der Waals surface area contributed by atoms with Gasteiger partial charge in [0.15, 0.2) is 0 Å². The second-order valence-electron chi connectivity index (χ2n) is 4.98. The predicted molar refractivity (Wildman–Crippen MR) is 88.4 cm³/mol. The highest BCUT2D eigenvalue weighted by Crippen LogP contribution is 2.17. The Bertz CT molecular complexity index is 913. The van der Waals surface area contributed by atoms with E-state index in [2.05, 4.69) is 15.9 Å². The quantitative estimate of drug-likeness (QED) is 0.780. The maximum atomic E-state index is 12.5. The Morgan fingerprint density at radius 3 is 2.50 bits per heavy atom. The zero-order chi connectivity index (χ0) is 15.7. The molecule has 0 aliphatic rings. The summed E-state index contributed by atoms with van der Waals surface area (Å²) in [6, 6.07) is 14.0. The van der Waals surface area contributed by atoms with Crippen LogP contribution in [0.2, 0.25) is 0 Å². The molecule has 0 fully saturated rings. The molecular weight excluding hydrogens is 346 g/mol. The molecule has 22 heavy (non-hydrogen) atoms. The van der Waals surface area contributed by atoms with Gasteiger partial charge in [0.2, 0.25) is 0 Å². The summed E-state index contributed by atoms with van der Waals surface area (Å²) in [4.78, 5) is 23.3. The van der Waals surface area contributed by atoms with E-state index in [1.54, 1.807) is 41.1 Å². The molecule has 0 aliphatic carbocycles. The molecule has 0 saturated heterocycles. The SMILES string of the molecule is O=C(O)c1ccc(Cn2ccc3cc(Br)ccc3c2=O)cc1. The van der Waals surface area contributed by atoms with Gasteiger partial charge in [0.1, 0.15) is 0 Å². The van der Waals surface area contributed by atoms with Crippen molar-refractivity contribution in [2.45, 2.75) is 6.54 Å². The van der Waals surface area contributed by atoms with Gasteiger partial charge in [0, 0.05) is 16.1 Å². The number of rotatable bonds is 3. The Kier molecular flexibility index (Phi) is 3.81. The Morgan fingerprint density at radius 2 is 1.82 bits per heavy atom. The maximum absolute atomic E-state index is 12.5. The van der Waals surface area contributed by atoms with Crippen LogP contribution < -0.4 is 5.56 Å². The highest BCUT2D eigenvalue weighted by Gasteiger charge is 2.05. The van der Waals surface area contributed by atoms with E-state index >= 15 is 0 Å². The summed E-state index contributed by atoms with van der Waals surface area (Å²) >= 11 is 3.39. The molecule has 0 saturated carbocycles. The molecule has 3 rings (SSSR count). The average Bonchev–Trinajstić information content (AvgIpc) is 2.50. The van der Waals surface area contributed by atoms with Crippen LogP contribution in [0, 0.1) is 0 Å². The van der Waals surface area contributed by atoms with Crippen molar-refractivity contribution in [2.24, 2.45) is 0 Å². The number of aromatic nitrogens is 1. The van der Waals surface area contributed by atoms with Gasteiger partial charge < -0.3 is 9.67 Å². The molecule has 110 valence electrons. The lowest BCUT2D eigenvalue weighted by Gasteiger charge is -2.08. The van der Waals surface area contributed by atoms with Gasteiger partial charge in [0.05, 0.1) is 12.1 Å². The Morgan fingerprint density at radius 1 is 1.09 bits per heavy atom. The molecule has 0 atom stereocenters. The van der Waals surface area contributed by atoms with Gasteiger partial charge >= 0.3 is 5.97 Å². The molecule has 1 heterocycles. The van der Waals surface area contributed by atoms with Crippen molar-refractivity contribution in [3.63, 3.8) is 0 Å². The van der Waals surface area contributed by atoms with Crippen molar-refractivity contribution >= 4 is 32.7 Å². The molecule has 0 spiro atoms. The van der Waals surface area contributed by atoms with Crippen molar-refractivity contribution in [2.75, 3.05) is 0 Å². The number of carboxylic acids is 1. The minimum atomic E-state index is -0.958. The van der Waals surface area contributed by atoms with Crippen LogP contribution in [-0.4, -0.2) is 15.6 Å². The number of fused-ring (bicyclic) bond motifs is 1. The van der Waals surface area contributed by atoms with Crippen LogP contribution in [0.3, 0.4) is 0 Å². The molecule has 2 aromatic carbocycles. The second-order valence-corrected chi connectivity index (χ2v) is 5.90. The normalized spacial score (nSPS) is 10.8. The fraction of sp³-hybridized carbons (Fsp3) is 0.0588. The summed E-state index contributed by atoms with van der Waals surface area (Å²) in [5.41, 5.74) is 1.05. The first-order valence-electron chi connectivity index (χ1n) is 6.65. The van der Waals surface area contributed by atoms with E-state index in [9.17, 15) is 9.59 Å². The number of carbonyl (C=O) groups is 1. The topological polar surface area (TPSA) is 59.3 Å². The van der Waals surface area contributed by atoms with Crippen molar-refractivity contribution in [3.8, 4) is 0 Å². The zero-order valence-corrected chi connectivity index (χ0v) is 13.1. The minimum absolute atomic E-state index is 0.0627. The summed E-state index contributed by atoms with van der Waals surface area (Å²) < 4.78 is 2.55. The maximum Gasteiger partial charge on any atom is 0.335 e. The van der Waals surface area contributed by atoms with Crippen molar-refractivity contribution in [3.05, 3.63) is 80.7 Å². The first-order chi connectivity index (χ1) is 10.5. The predicted octanol–water partition coefficient (Wildman–Crippen LogP) is 3.51. The number of nitrogens with zero attached hydrogens (tertiary/aromatic N) is 1. The summed E-state index contributed by atoms with van der Waals surface area (Å²) in [6.45, 7) is 0.407. The van der Waals surface area contributed by atoms with Crippen LogP contribution in [0.25, 0.3) is 10.8 Å². The zero-order valence-electron chi connectivity index (χ0n) is 11.5. The third-order valence-corrected chi connectivity index (χ3v) is 3.99. The van der Waals surface area contributed by atoms with Crippen molar-refractivity contribution < 1.29 is 9.90 Å². The van der Waals surface area contributed by atoms with Gasteiger partial charge in [-0.3, -0.25) is 4.79 Å². The molecule has 3 aromatic rings. The van der Waals surface area contributed by atoms with E-state index in [1.165, 1.54) is 0 Å². The third-order valence-electron chi connectivity index (χ3n) is 3.49. The van der Waals surface area contributed by atoms with Crippen LogP contribution in [0.5, 0.6) is 0 Å². The number of hydrogen-bond acceptors (Lipinski definition) is 2. The van der Waals surface area contributed by atoms with E-state index < -0.39 is 5.97 Å². The molecule has 5 heteroatoms. The third kappa shape index (κ3) is 2.80. The monoisotopic (exact) mass is 357 g/mol. The van der Waals surface area contributed by atoms with E-state index in [0.29, 0.717) is 11.9 Å². The van der Waals surface area contributed by atoms with Gasteiger partial charge in [-0.2, -0.15) is 0 Å². The highest BCUT2D eigenvalue weighted by atomic mass is 79.9. The lowest BCUT2D eigenvalue weighted by atomic mass is 10.1. The van der Waals surface area contributed by atoms with Crippen LogP contribution in [0.15, 0.2) is 64.0 Å². The Balaban J connectivity index is 1.97. The summed E-state index contributed by atoms with van der Waals surface area (Å²) in [5, 5.41) is 10.4. The molecule has 0 radical (unpaired) electrons. The van der Waals surface area contributed by atoms with Crippen molar-refractivity contribution in [1.29, 1.82) is 0 Å². The molecule has 0 amide bonds. The van der Waals surface area contributed by atoms with E-state index in [4.69, 9.17) is 5.11 Å². The number of aromatic carboxylic acids is 1. The lowest BCUT2D eigenvalue weighted by molar-refractivity contribution is 0.0697. The summed E-state index contributed by atoms with van der Waals surface area (Å²) in [5.74, 6) is -0.958. The Hall–Kier alpha value is -2.40. The van der Waals surface area contributed by atoms with Gasteiger partial charge in [0.25, 0.3) is 5.56 Å². The number of hydrogen-bond donors (Lipinski definition) is 1. The largest absolute Gasteiger partial charge is 0.478 e. The number of carboxylic acid groups (broad SMARTS) is 1. The Labute approximate surface area is 134 Å². The smallest absolute Gasteiger partial charge is 0.335 e. The molecular formula is C17H12BrNO3. The first kappa shape index (κ1) is 14.5. The number of pyridine rings is 1. The lowest BCUT2D eigenvalue weighted by Crippen LogP contribution is -2.20. The molecule has 0 unspecified atom stereocenters. The molecule has 0 bridgehead atoms. The van der Waals surface area contributed by atoms with Crippen LogP contribution >= 0.6 is 15.9 Å². The van der Waals surface area contributed by atoms with E-state index in [1.807, 2.05) is 18.2 Å². The average molecular weight is 358 g/mol. The fourth-order valence-corrected chi connectivity index (χ4v) is 2.71. The molecule has 4 nitrogen and oxygen atoms in total.